The number of carbonyl (C=O) groups excluding carboxylic acids is 1. The molecule has 1 amide bonds. The van der Waals surface area contributed by atoms with Crippen molar-refractivity contribution in [2.24, 2.45) is 0 Å². The summed E-state index contributed by atoms with van der Waals surface area (Å²) in [7, 11) is 7.34. The van der Waals surface area contributed by atoms with Gasteiger partial charge in [0.15, 0.2) is 0 Å². The zero-order chi connectivity index (χ0) is 32.7. The van der Waals surface area contributed by atoms with Crippen molar-refractivity contribution in [3.63, 3.8) is 0 Å². The number of carbonyl (C=O) groups is 1. The van der Waals surface area contributed by atoms with Crippen LogP contribution < -0.4 is 11.0 Å². The van der Waals surface area contributed by atoms with E-state index < -0.39 is 22.9 Å². The van der Waals surface area contributed by atoms with Gasteiger partial charge in [-0.1, -0.05) is 12.1 Å². The van der Waals surface area contributed by atoms with Crippen molar-refractivity contribution in [3.05, 3.63) is 58.2 Å². The summed E-state index contributed by atoms with van der Waals surface area (Å²) < 4.78 is 31.8. The van der Waals surface area contributed by atoms with Crippen molar-refractivity contribution in [2.75, 3.05) is 7.11 Å². The van der Waals surface area contributed by atoms with Crippen molar-refractivity contribution in [1.82, 2.24) is 34.2 Å². The third-order valence-electron chi connectivity index (χ3n) is 9.54. The van der Waals surface area contributed by atoms with Gasteiger partial charge in [0.2, 0.25) is 5.95 Å². The van der Waals surface area contributed by atoms with Gasteiger partial charge < -0.3 is 24.3 Å². The Balaban J connectivity index is 1.55. The van der Waals surface area contributed by atoms with E-state index >= 15 is 4.39 Å². The summed E-state index contributed by atoms with van der Waals surface area (Å²) in [6, 6.07) is 5.90. The third-order valence-corrected chi connectivity index (χ3v) is 9.54. The molecule has 15 heteroatoms. The molecule has 0 saturated heterocycles. The maximum absolute atomic E-state index is 15.6. The number of pyridine rings is 1. The second kappa shape index (κ2) is 10.6. The second-order valence-electron chi connectivity index (χ2n) is 13.9. The summed E-state index contributed by atoms with van der Waals surface area (Å²) in [5.74, 6) is -0.589. The normalized spacial score (nSPS) is 19.2. The van der Waals surface area contributed by atoms with E-state index in [1.807, 2.05) is 41.1 Å². The Kier molecular flexibility index (Phi) is 7.04. The van der Waals surface area contributed by atoms with Crippen LogP contribution in [-0.2, 0) is 33.5 Å². The Morgan fingerprint density at radius 1 is 1.28 bits per heavy atom. The van der Waals surface area contributed by atoms with Crippen molar-refractivity contribution in [3.8, 4) is 22.4 Å². The number of ether oxygens (including phenoxy) is 2. The number of fused-ring (bicyclic) bond motifs is 4. The Bertz CT molecular complexity index is 2090. The Hall–Kier alpha value is -4.26. The number of benzene rings is 1. The lowest BCUT2D eigenvalue weighted by atomic mass is 9.49. The molecular weight excluding hydrogens is 586 g/mol. The van der Waals surface area contributed by atoms with Gasteiger partial charge in [-0.15, -0.1) is 5.10 Å². The lowest BCUT2D eigenvalue weighted by Gasteiger charge is -2.21. The average Bonchev–Trinajstić information content (AvgIpc) is 3.81. The first-order valence-electron chi connectivity index (χ1n) is 15.9. The molecule has 1 aliphatic heterocycles. The molecule has 0 unspecified atom stereocenters. The molecule has 1 saturated carbocycles. The molecule has 0 radical (unpaired) electrons. The van der Waals surface area contributed by atoms with Crippen LogP contribution in [0.3, 0.4) is 0 Å². The van der Waals surface area contributed by atoms with Crippen LogP contribution >= 0.6 is 0 Å². The highest BCUT2D eigenvalue weighted by Gasteiger charge is 2.36. The van der Waals surface area contributed by atoms with Gasteiger partial charge in [0.05, 0.1) is 53.2 Å². The molecular formula is C31H37B3FN7O4. The van der Waals surface area contributed by atoms with E-state index in [0.29, 0.717) is 54.8 Å². The van der Waals surface area contributed by atoms with Crippen molar-refractivity contribution >= 4 is 51.7 Å². The van der Waals surface area contributed by atoms with Crippen molar-refractivity contribution in [2.45, 2.75) is 76.1 Å². The summed E-state index contributed by atoms with van der Waals surface area (Å²) >= 11 is 0. The van der Waals surface area contributed by atoms with Crippen LogP contribution in [0.4, 0.5) is 9.18 Å². The van der Waals surface area contributed by atoms with Crippen LogP contribution in [0.5, 0.6) is 0 Å². The first-order chi connectivity index (χ1) is 21.8. The van der Waals surface area contributed by atoms with E-state index in [9.17, 15) is 9.59 Å². The second-order valence-corrected chi connectivity index (χ2v) is 13.9. The summed E-state index contributed by atoms with van der Waals surface area (Å²) in [5.41, 5.74) is 6.04. The van der Waals surface area contributed by atoms with Crippen LogP contribution in [0, 0.1) is 5.95 Å². The number of imidazole rings is 1. The highest BCUT2D eigenvalue weighted by molar-refractivity contribution is 6.56. The zero-order valence-electron chi connectivity index (χ0n) is 27.3. The fraction of sp³-hybridized carbons (Fsp3) is 0.419. The SMILES string of the molecule is BC(B)(B)n1c(=O)n([C@@H]2CC[C@@H](NC(=O)OC)C2)c2c3c(-c4ccc5c(c4)COC5(C)C)c(-c4cn(CC)nc4F)[nH]c3ncc21. The molecule has 2 N–H and O–H groups in total. The van der Waals surface area contributed by atoms with E-state index in [2.05, 4.69) is 41.4 Å². The Morgan fingerprint density at radius 2 is 2.07 bits per heavy atom. The van der Waals surface area contributed by atoms with Gasteiger partial charge in [-0.25, -0.2) is 14.6 Å². The van der Waals surface area contributed by atoms with E-state index in [0.717, 1.165) is 33.2 Å². The number of aromatic amines is 1. The summed E-state index contributed by atoms with van der Waals surface area (Å²) in [5, 5.41) is 7.20. The third kappa shape index (κ3) is 4.69. The maximum Gasteiger partial charge on any atom is 0.407 e. The fourth-order valence-corrected chi connectivity index (χ4v) is 7.39. The van der Waals surface area contributed by atoms with Gasteiger partial charge in [-0.05, 0) is 68.0 Å². The average molecular weight is 623 g/mol. The number of hydrogen-bond acceptors (Lipinski definition) is 6. The largest absolute Gasteiger partial charge is 0.453 e. The minimum absolute atomic E-state index is 0.134. The number of aromatic nitrogens is 6. The van der Waals surface area contributed by atoms with E-state index in [-0.39, 0.29) is 17.8 Å². The van der Waals surface area contributed by atoms with Gasteiger partial charge >= 0.3 is 11.8 Å². The number of alkyl carbamates (subject to hydrolysis) is 1. The number of methoxy groups -OCH3 is 1. The van der Waals surface area contributed by atoms with Crippen molar-refractivity contribution in [1.29, 1.82) is 0 Å². The van der Waals surface area contributed by atoms with Crippen LogP contribution in [0.1, 0.15) is 57.2 Å². The number of aryl methyl sites for hydroxylation is 1. The smallest absolute Gasteiger partial charge is 0.407 e. The summed E-state index contributed by atoms with van der Waals surface area (Å²) in [4.78, 5) is 34.8. The standard InChI is InChI=1S/C31H37B3FN7O4/c1-5-40-13-19(26(35)39-40)24-22(15-6-9-20-16(10-15)14-46-30(20,2)3)23-25-21(12-36-27(23)38-24)42(31(32,33)34)29(44)41(25)18-8-7-17(11-18)37-28(43)45-4/h6,9-10,12-13,17-18H,5,7-8,11,14,32-34H2,1-4H3,(H,36,38)(H,37,43)/t17-,18-/m1/s1. The molecule has 1 aromatic carbocycles. The Morgan fingerprint density at radius 3 is 2.76 bits per heavy atom. The number of nitrogens with one attached hydrogen (secondary N) is 2. The molecule has 2 aliphatic rings. The predicted molar refractivity (Wildman–Crippen MR) is 182 cm³/mol. The fourth-order valence-electron chi connectivity index (χ4n) is 7.39. The molecule has 1 fully saturated rings. The molecule has 2 atom stereocenters. The number of amides is 1. The Labute approximate surface area is 268 Å². The van der Waals surface area contributed by atoms with Gasteiger partial charge in [-0.3, -0.25) is 9.25 Å². The maximum atomic E-state index is 15.6. The lowest BCUT2D eigenvalue weighted by Crippen LogP contribution is -2.43. The van der Waals surface area contributed by atoms with E-state index in [1.165, 1.54) is 7.11 Å². The number of H-pyrrole nitrogens is 1. The quantitative estimate of drug-likeness (QED) is 0.280. The van der Waals surface area contributed by atoms with Gasteiger partial charge in [0, 0.05) is 30.4 Å². The molecule has 5 heterocycles. The molecule has 236 valence electrons. The number of hydrogen-bond donors (Lipinski definition) is 2. The predicted octanol–water partition coefficient (Wildman–Crippen LogP) is 2.05. The topological polar surface area (TPSA) is 121 Å². The van der Waals surface area contributed by atoms with Crippen LogP contribution in [0.2, 0.25) is 0 Å². The first-order valence-corrected chi connectivity index (χ1v) is 15.9. The van der Waals surface area contributed by atoms with Gasteiger partial charge in [0.1, 0.15) is 29.2 Å². The minimum Gasteiger partial charge on any atom is -0.453 e. The molecule has 7 rings (SSSR count). The highest BCUT2D eigenvalue weighted by Crippen LogP contribution is 2.45. The molecule has 1 aliphatic carbocycles. The van der Waals surface area contributed by atoms with Crippen LogP contribution in [0.15, 0.2) is 35.4 Å². The molecule has 0 bridgehead atoms. The highest BCUT2D eigenvalue weighted by atomic mass is 19.1. The summed E-state index contributed by atoms with van der Waals surface area (Å²) in [6.45, 7) is 6.99. The molecule has 46 heavy (non-hydrogen) atoms. The molecule has 11 nitrogen and oxygen atoms in total. The van der Waals surface area contributed by atoms with Crippen LogP contribution in [0.25, 0.3) is 44.5 Å². The summed E-state index contributed by atoms with van der Waals surface area (Å²) in [6.07, 6.45) is 4.91. The first kappa shape index (κ1) is 30.4. The number of rotatable bonds is 6. The molecule has 5 aromatic rings. The van der Waals surface area contributed by atoms with E-state index in [4.69, 9.17) is 14.5 Å². The van der Waals surface area contributed by atoms with Gasteiger partial charge in [0.25, 0.3) is 0 Å². The lowest BCUT2D eigenvalue weighted by molar-refractivity contribution is -0.00789. The molecule has 4 aromatic heterocycles. The zero-order valence-corrected chi connectivity index (χ0v) is 27.3. The molecule has 0 spiro atoms. The number of nitrogens with zero attached hydrogens (tertiary/aromatic N) is 5. The van der Waals surface area contributed by atoms with Crippen LogP contribution in [-0.4, -0.2) is 71.7 Å². The van der Waals surface area contributed by atoms with Crippen molar-refractivity contribution < 1.29 is 18.7 Å². The van der Waals surface area contributed by atoms with Gasteiger partial charge in [-0.2, -0.15) is 4.39 Å². The number of halogens is 1. The monoisotopic (exact) mass is 623 g/mol. The van der Waals surface area contributed by atoms with E-state index in [1.54, 1.807) is 21.6 Å². The minimum atomic E-state index is -0.589.